The van der Waals surface area contributed by atoms with Crippen molar-refractivity contribution < 1.29 is 4.39 Å². The average molecular weight is 279 g/mol. The van der Waals surface area contributed by atoms with Gasteiger partial charge in [-0.15, -0.1) is 0 Å². The number of hydrogen-bond donors (Lipinski definition) is 1. The molecule has 0 aromatic heterocycles. The van der Waals surface area contributed by atoms with Gasteiger partial charge in [0.2, 0.25) is 0 Å². The molecule has 0 heterocycles. The molecule has 2 aromatic rings. The van der Waals surface area contributed by atoms with Crippen LogP contribution in [0.2, 0.25) is 5.02 Å². The van der Waals surface area contributed by atoms with Crippen molar-refractivity contribution in [2.45, 2.75) is 6.42 Å². The lowest BCUT2D eigenvalue weighted by Gasteiger charge is -2.21. The van der Waals surface area contributed by atoms with Gasteiger partial charge in [-0.05, 0) is 54.9 Å². The normalized spacial score (nSPS) is 10.5. The maximum atomic E-state index is 12.9. The van der Waals surface area contributed by atoms with E-state index in [9.17, 15) is 4.39 Å². The molecule has 0 unspecified atom stereocenters. The zero-order valence-electron chi connectivity index (χ0n) is 10.7. The predicted molar refractivity (Wildman–Crippen MR) is 78.7 cm³/mol. The van der Waals surface area contributed by atoms with Crippen molar-refractivity contribution >= 4 is 23.0 Å². The maximum Gasteiger partial charge on any atom is 0.123 e. The fourth-order valence-corrected chi connectivity index (χ4v) is 2.28. The monoisotopic (exact) mass is 278 g/mol. The fourth-order valence-electron chi connectivity index (χ4n) is 1.95. The molecule has 2 aromatic carbocycles. The Morgan fingerprint density at radius 2 is 1.84 bits per heavy atom. The maximum absolute atomic E-state index is 12.9. The second kappa shape index (κ2) is 6.04. The van der Waals surface area contributed by atoms with Crippen molar-refractivity contribution in [3.63, 3.8) is 0 Å². The molecular weight excluding hydrogens is 263 g/mol. The summed E-state index contributed by atoms with van der Waals surface area (Å²) in [5.74, 6) is -0.249. The lowest BCUT2D eigenvalue weighted by Crippen LogP contribution is -2.10. The Morgan fingerprint density at radius 3 is 2.42 bits per heavy atom. The van der Waals surface area contributed by atoms with Crippen LogP contribution >= 0.6 is 11.6 Å². The smallest absolute Gasteiger partial charge is 0.123 e. The van der Waals surface area contributed by atoms with Gasteiger partial charge in [-0.1, -0.05) is 17.7 Å². The standard InChI is InChI=1S/C15H16ClFN2/c1-19(13-5-3-12(17)4-6-13)15-7-2-11(8-9-18)10-14(15)16/h2-7,10H,8-9,18H2,1H3. The summed E-state index contributed by atoms with van der Waals surface area (Å²) >= 11 is 6.28. The van der Waals surface area contributed by atoms with E-state index in [2.05, 4.69) is 0 Å². The summed E-state index contributed by atoms with van der Waals surface area (Å²) in [5.41, 5.74) is 8.41. The van der Waals surface area contributed by atoms with E-state index in [1.165, 1.54) is 12.1 Å². The highest BCUT2D eigenvalue weighted by Gasteiger charge is 2.09. The zero-order valence-corrected chi connectivity index (χ0v) is 11.5. The molecule has 2 N–H and O–H groups in total. The molecule has 0 radical (unpaired) electrons. The molecule has 2 nitrogen and oxygen atoms in total. The van der Waals surface area contributed by atoms with Crippen LogP contribution in [0.25, 0.3) is 0 Å². The molecule has 0 fully saturated rings. The number of hydrogen-bond acceptors (Lipinski definition) is 2. The van der Waals surface area contributed by atoms with E-state index in [0.29, 0.717) is 11.6 Å². The van der Waals surface area contributed by atoms with Crippen molar-refractivity contribution in [2.24, 2.45) is 5.73 Å². The topological polar surface area (TPSA) is 29.3 Å². The quantitative estimate of drug-likeness (QED) is 0.923. The Morgan fingerprint density at radius 1 is 1.16 bits per heavy atom. The number of benzene rings is 2. The number of nitrogens with two attached hydrogens (primary N) is 1. The first kappa shape index (κ1) is 13.8. The van der Waals surface area contributed by atoms with E-state index >= 15 is 0 Å². The van der Waals surface area contributed by atoms with Crippen LogP contribution < -0.4 is 10.6 Å². The summed E-state index contributed by atoms with van der Waals surface area (Å²) in [4.78, 5) is 1.92. The van der Waals surface area contributed by atoms with Crippen LogP contribution in [0.15, 0.2) is 42.5 Å². The summed E-state index contributed by atoms with van der Waals surface area (Å²) in [6.07, 6.45) is 0.806. The lowest BCUT2D eigenvalue weighted by molar-refractivity contribution is 0.628. The molecule has 0 bridgehead atoms. The molecule has 2 rings (SSSR count). The first-order chi connectivity index (χ1) is 9.11. The van der Waals surface area contributed by atoms with Gasteiger partial charge in [0.15, 0.2) is 0 Å². The molecule has 100 valence electrons. The van der Waals surface area contributed by atoms with Crippen molar-refractivity contribution in [1.82, 2.24) is 0 Å². The van der Waals surface area contributed by atoms with Crippen LogP contribution in [0.5, 0.6) is 0 Å². The van der Waals surface area contributed by atoms with Crippen molar-refractivity contribution in [3.05, 3.63) is 58.9 Å². The lowest BCUT2D eigenvalue weighted by atomic mass is 10.1. The van der Waals surface area contributed by atoms with E-state index in [1.54, 1.807) is 12.1 Å². The predicted octanol–water partition coefficient (Wildman–Crippen LogP) is 3.75. The van der Waals surface area contributed by atoms with Crippen LogP contribution in [0, 0.1) is 5.82 Å². The van der Waals surface area contributed by atoms with Gasteiger partial charge in [-0.3, -0.25) is 0 Å². The Labute approximate surface area is 117 Å². The Bertz CT molecular complexity index is 555. The van der Waals surface area contributed by atoms with Gasteiger partial charge in [0.25, 0.3) is 0 Å². The van der Waals surface area contributed by atoms with E-state index in [4.69, 9.17) is 17.3 Å². The highest BCUT2D eigenvalue weighted by atomic mass is 35.5. The second-order valence-corrected chi connectivity index (χ2v) is 4.77. The Kier molecular flexibility index (Phi) is 4.40. The molecule has 0 amide bonds. The van der Waals surface area contributed by atoms with Crippen LogP contribution in [0.3, 0.4) is 0 Å². The first-order valence-electron chi connectivity index (χ1n) is 6.09. The third-order valence-electron chi connectivity index (χ3n) is 3.02. The van der Waals surface area contributed by atoms with E-state index in [0.717, 1.165) is 23.4 Å². The minimum Gasteiger partial charge on any atom is -0.343 e. The van der Waals surface area contributed by atoms with E-state index < -0.39 is 0 Å². The first-order valence-corrected chi connectivity index (χ1v) is 6.47. The van der Waals surface area contributed by atoms with Gasteiger partial charge in [0.05, 0.1) is 10.7 Å². The molecule has 0 saturated heterocycles. The van der Waals surface area contributed by atoms with Gasteiger partial charge < -0.3 is 10.6 Å². The van der Waals surface area contributed by atoms with Gasteiger partial charge in [-0.2, -0.15) is 0 Å². The van der Waals surface area contributed by atoms with Crippen molar-refractivity contribution in [1.29, 1.82) is 0 Å². The molecule has 19 heavy (non-hydrogen) atoms. The fraction of sp³-hybridized carbons (Fsp3) is 0.200. The molecule has 0 aliphatic carbocycles. The Balaban J connectivity index is 2.28. The van der Waals surface area contributed by atoms with Gasteiger partial charge >= 0.3 is 0 Å². The summed E-state index contributed by atoms with van der Waals surface area (Å²) in [6, 6.07) is 12.2. The number of anilines is 2. The van der Waals surface area contributed by atoms with Crippen LogP contribution in [0.4, 0.5) is 15.8 Å². The van der Waals surface area contributed by atoms with Gasteiger partial charge in [0.1, 0.15) is 5.82 Å². The highest BCUT2D eigenvalue weighted by molar-refractivity contribution is 6.33. The van der Waals surface area contributed by atoms with Crippen molar-refractivity contribution in [2.75, 3.05) is 18.5 Å². The largest absolute Gasteiger partial charge is 0.343 e. The highest BCUT2D eigenvalue weighted by Crippen LogP contribution is 2.31. The van der Waals surface area contributed by atoms with Crippen LogP contribution in [-0.4, -0.2) is 13.6 Å². The number of halogens is 2. The molecular formula is C15H16ClFN2. The molecule has 0 aliphatic rings. The van der Waals surface area contributed by atoms with E-state index in [1.807, 2.05) is 30.1 Å². The average Bonchev–Trinajstić information content (AvgIpc) is 2.39. The van der Waals surface area contributed by atoms with Gasteiger partial charge in [-0.25, -0.2) is 4.39 Å². The molecule has 0 saturated carbocycles. The SMILES string of the molecule is CN(c1ccc(F)cc1)c1ccc(CCN)cc1Cl. The van der Waals surface area contributed by atoms with Gasteiger partial charge in [0, 0.05) is 12.7 Å². The summed E-state index contributed by atoms with van der Waals surface area (Å²) < 4.78 is 12.9. The second-order valence-electron chi connectivity index (χ2n) is 4.36. The summed E-state index contributed by atoms with van der Waals surface area (Å²) in [6.45, 7) is 0.601. The number of rotatable bonds is 4. The van der Waals surface area contributed by atoms with Crippen LogP contribution in [0.1, 0.15) is 5.56 Å². The molecule has 0 aliphatic heterocycles. The van der Waals surface area contributed by atoms with Crippen LogP contribution in [-0.2, 0) is 6.42 Å². The minimum absolute atomic E-state index is 0.249. The minimum atomic E-state index is -0.249. The molecule has 0 atom stereocenters. The molecule has 4 heteroatoms. The zero-order chi connectivity index (χ0) is 13.8. The van der Waals surface area contributed by atoms with Crippen molar-refractivity contribution in [3.8, 4) is 0 Å². The Hall–Kier alpha value is -1.58. The van der Waals surface area contributed by atoms with E-state index in [-0.39, 0.29) is 5.82 Å². The summed E-state index contributed by atoms with van der Waals surface area (Å²) in [7, 11) is 1.90. The molecule has 0 spiro atoms. The third-order valence-corrected chi connectivity index (χ3v) is 3.32. The third kappa shape index (κ3) is 3.25. The summed E-state index contributed by atoms with van der Waals surface area (Å²) in [5, 5.41) is 0.665. The number of nitrogens with zero attached hydrogens (tertiary/aromatic N) is 1.